The van der Waals surface area contributed by atoms with E-state index in [1.165, 1.54) is 0 Å². The summed E-state index contributed by atoms with van der Waals surface area (Å²) in [5.74, 6) is 1.20. The Morgan fingerprint density at radius 1 is 1.16 bits per heavy atom. The predicted octanol–water partition coefficient (Wildman–Crippen LogP) is 4.20. The summed E-state index contributed by atoms with van der Waals surface area (Å²) < 4.78 is 5.73. The third-order valence-electron chi connectivity index (χ3n) is 2.78. The normalized spacial score (nSPS) is 10.0. The molecule has 0 aromatic heterocycles. The molecule has 0 bridgehead atoms. The highest BCUT2D eigenvalue weighted by Crippen LogP contribution is 2.32. The monoisotopic (exact) mass is 272 g/mol. The third-order valence-corrected chi connectivity index (χ3v) is 3.37. The molecule has 96 valence electrons. The van der Waals surface area contributed by atoms with E-state index in [9.17, 15) is 0 Å². The lowest BCUT2D eigenvalue weighted by molar-refractivity contribution is 0.484. The minimum Gasteiger partial charge on any atom is -0.455 e. The first-order valence-corrected chi connectivity index (χ1v) is 6.13. The van der Waals surface area contributed by atoms with Crippen molar-refractivity contribution in [3.05, 3.63) is 52.0 Å². The summed E-state index contributed by atoms with van der Waals surface area (Å²) in [6.45, 7) is 3.84. The van der Waals surface area contributed by atoms with Crippen LogP contribution >= 0.6 is 11.6 Å². The zero-order valence-corrected chi connectivity index (χ0v) is 11.5. The Kier molecular flexibility index (Phi) is 3.64. The maximum Gasteiger partial charge on any atom is 0.150 e. The number of rotatable bonds is 2. The van der Waals surface area contributed by atoms with Crippen molar-refractivity contribution in [2.24, 2.45) is 0 Å². The van der Waals surface area contributed by atoms with Crippen LogP contribution in [0.5, 0.6) is 11.5 Å². The van der Waals surface area contributed by atoms with Gasteiger partial charge in [0.05, 0.1) is 17.3 Å². The molecule has 3 nitrogen and oxygen atoms in total. The molecule has 0 atom stereocenters. The predicted molar refractivity (Wildman–Crippen MR) is 76.6 cm³/mol. The van der Waals surface area contributed by atoms with Gasteiger partial charge in [-0.3, -0.25) is 0 Å². The lowest BCUT2D eigenvalue weighted by atomic mass is 10.1. The summed E-state index contributed by atoms with van der Waals surface area (Å²) in [5, 5.41) is 9.52. The summed E-state index contributed by atoms with van der Waals surface area (Å²) in [5.41, 5.74) is 8.69. The molecule has 0 spiro atoms. The molecule has 2 aromatic rings. The number of benzene rings is 2. The molecule has 19 heavy (non-hydrogen) atoms. The number of ether oxygens (including phenoxy) is 1. The molecular weight excluding hydrogens is 260 g/mol. The van der Waals surface area contributed by atoms with Gasteiger partial charge in [0.1, 0.15) is 11.5 Å². The highest BCUT2D eigenvalue weighted by molar-refractivity contribution is 6.32. The van der Waals surface area contributed by atoms with E-state index in [4.69, 9.17) is 27.3 Å². The van der Waals surface area contributed by atoms with E-state index >= 15 is 0 Å². The quantitative estimate of drug-likeness (QED) is 0.834. The van der Waals surface area contributed by atoms with Gasteiger partial charge in [-0.05, 0) is 55.3 Å². The second kappa shape index (κ2) is 5.21. The number of hydrogen-bond acceptors (Lipinski definition) is 3. The van der Waals surface area contributed by atoms with Crippen LogP contribution in [0.25, 0.3) is 0 Å². The molecule has 2 N–H and O–H groups in total. The summed E-state index contributed by atoms with van der Waals surface area (Å²) in [4.78, 5) is 0. The van der Waals surface area contributed by atoms with E-state index in [1.54, 1.807) is 18.2 Å². The van der Waals surface area contributed by atoms with Crippen molar-refractivity contribution < 1.29 is 4.74 Å². The Morgan fingerprint density at radius 2 is 1.79 bits per heavy atom. The first-order valence-electron chi connectivity index (χ1n) is 5.75. The molecule has 0 saturated carbocycles. The van der Waals surface area contributed by atoms with Crippen LogP contribution in [0.3, 0.4) is 0 Å². The summed E-state index contributed by atoms with van der Waals surface area (Å²) in [7, 11) is 0. The molecule has 0 aliphatic heterocycles. The zero-order chi connectivity index (χ0) is 14.0. The number of anilines is 1. The Bertz CT molecular complexity index is 651. The first kappa shape index (κ1) is 13.3. The number of nitrogens with zero attached hydrogens (tertiary/aromatic N) is 1. The average Bonchev–Trinajstić information content (AvgIpc) is 2.38. The van der Waals surface area contributed by atoms with Gasteiger partial charge in [-0.1, -0.05) is 11.6 Å². The largest absolute Gasteiger partial charge is 0.455 e. The average molecular weight is 273 g/mol. The smallest absolute Gasteiger partial charge is 0.150 e. The molecule has 0 amide bonds. The SMILES string of the molecule is Cc1cc(Oc2ccc(C#N)cc2N)cc(C)c1Cl. The van der Waals surface area contributed by atoms with Crippen molar-refractivity contribution in [3.63, 3.8) is 0 Å². The molecule has 2 rings (SSSR count). The Morgan fingerprint density at radius 3 is 2.32 bits per heavy atom. The molecule has 0 aliphatic rings. The minimum atomic E-state index is 0.435. The molecule has 0 radical (unpaired) electrons. The maximum atomic E-state index is 8.78. The van der Waals surface area contributed by atoms with Gasteiger partial charge in [-0.2, -0.15) is 5.26 Å². The van der Waals surface area contributed by atoms with Crippen molar-refractivity contribution in [2.45, 2.75) is 13.8 Å². The molecular formula is C15H13ClN2O. The third kappa shape index (κ3) is 2.81. The number of hydrogen-bond donors (Lipinski definition) is 1. The van der Waals surface area contributed by atoms with Gasteiger partial charge in [0.25, 0.3) is 0 Å². The summed E-state index contributed by atoms with van der Waals surface area (Å²) in [6.07, 6.45) is 0. The van der Waals surface area contributed by atoms with Crippen LogP contribution in [0.1, 0.15) is 16.7 Å². The van der Waals surface area contributed by atoms with Crippen LogP contribution < -0.4 is 10.5 Å². The van der Waals surface area contributed by atoms with Gasteiger partial charge in [-0.25, -0.2) is 0 Å². The molecule has 0 saturated heterocycles. The van der Waals surface area contributed by atoms with Crippen molar-refractivity contribution >= 4 is 17.3 Å². The van der Waals surface area contributed by atoms with Crippen LogP contribution in [-0.2, 0) is 0 Å². The number of halogens is 1. The van der Waals surface area contributed by atoms with Crippen molar-refractivity contribution in [1.29, 1.82) is 5.26 Å². The first-order chi connectivity index (χ1) is 9.01. The van der Waals surface area contributed by atoms with E-state index in [2.05, 4.69) is 0 Å². The fourth-order valence-corrected chi connectivity index (χ4v) is 1.91. The van der Waals surface area contributed by atoms with E-state index in [0.717, 1.165) is 16.1 Å². The minimum absolute atomic E-state index is 0.435. The van der Waals surface area contributed by atoms with Gasteiger partial charge < -0.3 is 10.5 Å². The van der Waals surface area contributed by atoms with E-state index in [1.807, 2.05) is 32.0 Å². The Labute approximate surface area is 117 Å². The molecule has 0 unspecified atom stereocenters. The second-order valence-electron chi connectivity index (χ2n) is 4.34. The number of aryl methyl sites for hydroxylation is 2. The lowest BCUT2D eigenvalue weighted by Crippen LogP contribution is -1.94. The fourth-order valence-electron chi connectivity index (χ4n) is 1.80. The maximum absolute atomic E-state index is 8.78. The molecule has 4 heteroatoms. The van der Waals surface area contributed by atoms with Crippen LogP contribution in [0.4, 0.5) is 5.69 Å². The van der Waals surface area contributed by atoms with Crippen LogP contribution in [0.2, 0.25) is 5.02 Å². The molecule has 0 fully saturated rings. The number of nitrogen functional groups attached to an aromatic ring is 1. The van der Waals surface area contributed by atoms with Crippen molar-refractivity contribution in [3.8, 4) is 17.6 Å². The van der Waals surface area contributed by atoms with Gasteiger partial charge in [-0.15, -0.1) is 0 Å². The number of nitrogens with two attached hydrogens (primary N) is 1. The topological polar surface area (TPSA) is 59.0 Å². The molecule has 0 heterocycles. The van der Waals surface area contributed by atoms with Crippen LogP contribution in [-0.4, -0.2) is 0 Å². The van der Waals surface area contributed by atoms with Crippen LogP contribution in [0, 0.1) is 25.2 Å². The Balaban J connectivity index is 2.34. The highest BCUT2D eigenvalue weighted by Gasteiger charge is 2.07. The van der Waals surface area contributed by atoms with Crippen LogP contribution in [0.15, 0.2) is 30.3 Å². The summed E-state index contributed by atoms with van der Waals surface area (Å²) in [6, 6.07) is 10.7. The van der Waals surface area contributed by atoms with E-state index < -0.39 is 0 Å². The van der Waals surface area contributed by atoms with Gasteiger partial charge in [0, 0.05) is 5.02 Å². The fraction of sp³-hybridized carbons (Fsp3) is 0.133. The van der Waals surface area contributed by atoms with Gasteiger partial charge >= 0.3 is 0 Å². The van der Waals surface area contributed by atoms with Crippen molar-refractivity contribution in [2.75, 3.05) is 5.73 Å². The lowest BCUT2D eigenvalue weighted by Gasteiger charge is -2.11. The zero-order valence-electron chi connectivity index (χ0n) is 10.7. The number of nitriles is 1. The summed E-state index contributed by atoms with van der Waals surface area (Å²) >= 11 is 6.11. The van der Waals surface area contributed by atoms with E-state index in [0.29, 0.717) is 22.7 Å². The molecule has 2 aromatic carbocycles. The standard InChI is InChI=1S/C15H13ClN2O/c1-9-5-12(6-10(2)15(9)16)19-14-4-3-11(8-17)7-13(14)18/h3-7H,18H2,1-2H3. The van der Waals surface area contributed by atoms with Crippen molar-refractivity contribution in [1.82, 2.24) is 0 Å². The van der Waals surface area contributed by atoms with Gasteiger partial charge in [0.2, 0.25) is 0 Å². The van der Waals surface area contributed by atoms with E-state index in [-0.39, 0.29) is 0 Å². The van der Waals surface area contributed by atoms with Gasteiger partial charge in [0.15, 0.2) is 0 Å². The molecule has 0 aliphatic carbocycles. The highest BCUT2D eigenvalue weighted by atomic mass is 35.5. The Hall–Kier alpha value is -2.18. The second-order valence-corrected chi connectivity index (χ2v) is 4.72.